The summed E-state index contributed by atoms with van der Waals surface area (Å²) in [7, 11) is 0. The maximum atomic E-state index is 13.2. The Morgan fingerprint density at radius 1 is 1.25 bits per heavy atom. The summed E-state index contributed by atoms with van der Waals surface area (Å²) in [5, 5.41) is 3.92. The van der Waals surface area contributed by atoms with Crippen LogP contribution in [0.25, 0.3) is 11.4 Å². The third-order valence-corrected chi connectivity index (χ3v) is 3.90. The Balaban J connectivity index is 1.77. The molecule has 0 unspecified atom stereocenters. The van der Waals surface area contributed by atoms with Crippen LogP contribution in [0.5, 0.6) is 0 Å². The van der Waals surface area contributed by atoms with Gasteiger partial charge in [-0.05, 0) is 25.0 Å². The molecule has 0 amide bonds. The average Bonchev–Trinajstić information content (AvgIpc) is 2.87. The Bertz CT molecular complexity index is 590. The zero-order chi connectivity index (χ0) is 14.0. The maximum absolute atomic E-state index is 13.2. The van der Waals surface area contributed by atoms with E-state index in [1.165, 1.54) is 18.6 Å². The summed E-state index contributed by atoms with van der Waals surface area (Å²) in [5.74, 6) is 0.643. The molecule has 1 heterocycles. The normalized spacial score (nSPS) is 18.1. The van der Waals surface area contributed by atoms with Crippen molar-refractivity contribution in [2.45, 2.75) is 44.1 Å². The summed E-state index contributed by atoms with van der Waals surface area (Å²) in [6, 6.07) is 6.18. The monoisotopic (exact) mass is 275 g/mol. The lowest BCUT2D eigenvalue weighted by molar-refractivity contribution is 0.261. The topological polar surface area (TPSA) is 64.9 Å². The van der Waals surface area contributed by atoms with E-state index in [9.17, 15) is 4.39 Å². The van der Waals surface area contributed by atoms with Crippen molar-refractivity contribution >= 4 is 0 Å². The molecule has 0 bridgehead atoms. The number of hydrogen-bond acceptors (Lipinski definition) is 4. The summed E-state index contributed by atoms with van der Waals surface area (Å²) in [4.78, 5) is 4.34. The summed E-state index contributed by atoms with van der Waals surface area (Å²) < 4.78 is 18.5. The molecule has 2 aromatic rings. The van der Waals surface area contributed by atoms with Crippen LogP contribution in [0.2, 0.25) is 0 Å². The number of aromatic nitrogens is 2. The lowest BCUT2D eigenvalue weighted by atomic mass is 9.80. The van der Waals surface area contributed by atoms with Crippen LogP contribution < -0.4 is 5.73 Å². The Labute approximate surface area is 117 Å². The molecule has 0 spiro atoms. The summed E-state index contributed by atoms with van der Waals surface area (Å²) >= 11 is 0. The zero-order valence-electron chi connectivity index (χ0n) is 11.3. The largest absolute Gasteiger partial charge is 0.339 e. The second-order valence-corrected chi connectivity index (χ2v) is 5.62. The van der Waals surface area contributed by atoms with Gasteiger partial charge in [-0.3, -0.25) is 0 Å². The van der Waals surface area contributed by atoms with Crippen molar-refractivity contribution in [1.82, 2.24) is 10.1 Å². The molecule has 0 radical (unpaired) electrons. The van der Waals surface area contributed by atoms with Crippen LogP contribution in [0.3, 0.4) is 0 Å². The van der Waals surface area contributed by atoms with Crippen LogP contribution in [0.15, 0.2) is 28.8 Å². The molecule has 1 saturated carbocycles. The standard InChI is InChI=1S/C15H18FN3O/c16-12-6-4-5-11(9-12)14-18-13(20-19-14)10-15(17)7-2-1-3-8-15/h4-6,9H,1-3,7-8,10,17H2. The van der Waals surface area contributed by atoms with Gasteiger partial charge in [0.25, 0.3) is 0 Å². The number of nitrogens with two attached hydrogens (primary N) is 1. The summed E-state index contributed by atoms with van der Waals surface area (Å²) in [5.41, 5.74) is 6.76. The fourth-order valence-electron chi connectivity index (χ4n) is 2.81. The number of benzene rings is 1. The predicted molar refractivity (Wildman–Crippen MR) is 73.4 cm³/mol. The molecule has 5 heteroatoms. The second kappa shape index (κ2) is 5.32. The van der Waals surface area contributed by atoms with Gasteiger partial charge < -0.3 is 10.3 Å². The molecule has 2 N–H and O–H groups in total. The summed E-state index contributed by atoms with van der Waals surface area (Å²) in [6.45, 7) is 0. The molecular formula is C15H18FN3O. The minimum atomic E-state index is -0.309. The molecule has 1 aromatic heterocycles. The third kappa shape index (κ3) is 2.88. The van der Waals surface area contributed by atoms with E-state index < -0.39 is 0 Å². The van der Waals surface area contributed by atoms with Gasteiger partial charge in [0.1, 0.15) is 5.82 Å². The lowest BCUT2D eigenvalue weighted by Gasteiger charge is -2.31. The smallest absolute Gasteiger partial charge is 0.228 e. The lowest BCUT2D eigenvalue weighted by Crippen LogP contribution is -2.43. The SMILES string of the molecule is NC1(Cc2nc(-c3cccc(F)c3)no2)CCCCC1. The molecule has 1 fully saturated rings. The second-order valence-electron chi connectivity index (χ2n) is 5.62. The van der Waals surface area contributed by atoms with Crippen LogP contribution in [0, 0.1) is 5.82 Å². The van der Waals surface area contributed by atoms with Crippen molar-refractivity contribution in [2.75, 3.05) is 0 Å². The maximum Gasteiger partial charge on any atom is 0.228 e. The molecular weight excluding hydrogens is 257 g/mol. The molecule has 1 aromatic carbocycles. The van der Waals surface area contributed by atoms with Crippen LogP contribution in [-0.4, -0.2) is 15.7 Å². The van der Waals surface area contributed by atoms with Crippen LogP contribution in [-0.2, 0) is 6.42 Å². The number of hydrogen-bond donors (Lipinski definition) is 1. The quantitative estimate of drug-likeness (QED) is 0.934. The van der Waals surface area contributed by atoms with Gasteiger partial charge in [-0.25, -0.2) is 4.39 Å². The van der Waals surface area contributed by atoms with Crippen molar-refractivity contribution in [3.63, 3.8) is 0 Å². The highest BCUT2D eigenvalue weighted by molar-refractivity contribution is 5.53. The summed E-state index contributed by atoms with van der Waals surface area (Å²) in [6.07, 6.45) is 6.13. The van der Waals surface area contributed by atoms with E-state index in [1.54, 1.807) is 12.1 Å². The van der Waals surface area contributed by atoms with Gasteiger partial charge in [0.05, 0.1) is 0 Å². The van der Waals surface area contributed by atoms with Gasteiger partial charge in [-0.1, -0.05) is 36.6 Å². The average molecular weight is 275 g/mol. The molecule has 3 rings (SSSR count). The first-order valence-corrected chi connectivity index (χ1v) is 7.02. The van der Waals surface area contributed by atoms with Gasteiger partial charge >= 0.3 is 0 Å². The van der Waals surface area contributed by atoms with Crippen LogP contribution in [0.1, 0.15) is 38.0 Å². The Hall–Kier alpha value is -1.75. The molecule has 106 valence electrons. The van der Waals surface area contributed by atoms with Crippen LogP contribution in [0.4, 0.5) is 4.39 Å². The Morgan fingerprint density at radius 3 is 2.80 bits per heavy atom. The highest BCUT2D eigenvalue weighted by atomic mass is 19.1. The first-order chi connectivity index (χ1) is 9.65. The molecule has 0 atom stereocenters. The highest BCUT2D eigenvalue weighted by Gasteiger charge is 2.30. The van der Waals surface area contributed by atoms with Gasteiger partial charge in [0.15, 0.2) is 0 Å². The number of nitrogens with zero attached hydrogens (tertiary/aromatic N) is 2. The Morgan fingerprint density at radius 2 is 2.05 bits per heavy atom. The van der Waals surface area contributed by atoms with E-state index in [0.717, 1.165) is 25.7 Å². The van der Waals surface area contributed by atoms with E-state index in [1.807, 2.05) is 0 Å². The fraction of sp³-hybridized carbons (Fsp3) is 0.467. The van der Waals surface area contributed by atoms with Crippen molar-refractivity contribution in [1.29, 1.82) is 0 Å². The first-order valence-electron chi connectivity index (χ1n) is 7.02. The first kappa shape index (κ1) is 13.2. The number of rotatable bonds is 3. The van der Waals surface area contributed by atoms with Crippen molar-refractivity contribution in [3.8, 4) is 11.4 Å². The third-order valence-electron chi connectivity index (χ3n) is 3.90. The van der Waals surface area contributed by atoms with Gasteiger partial charge in [0.2, 0.25) is 11.7 Å². The van der Waals surface area contributed by atoms with Crippen molar-refractivity contribution in [2.24, 2.45) is 5.73 Å². The van der Waals surface area contributed by atoms with E-state index in [0.29, 0.717) is 23.7 Å². The van der Waals surface area contributed by atoms with Gasteiger partial charge in [-0.15, -0.1) is 0 Å². The predicted octanol–water partition coefficient (Wildman–Crippen LogP) is 3.08. The molecule has 0 aliphatic heterocycles. The van der Waals surface area contributed by atoms with Gasteiger partial charge in [0, 0.05) is 17.5 Å². The molecule has 1 aliphatic rings. The van der Waals surface area contributed by atoms with E-state index in [4.69, 9.17) is 10.3 Å². The molecule has 0 saturated heterocycles. The van der Waals surface area contributed by atoms with E-state index in [-0.39, 0.29) is 11.4 Å². The van der Waals surface area contributed by atoms with Crippen molar-refractivity contribution in [3.05, 3.63) is 36.0 Å². The fourth-order valence-corrected chi connectivity index (χ4v) is 2.81. The molecule has 4 nitrogen and oxygen atoms in total. The van der Waals surface area contributed by atoms with E-state index in [2.05, 4.69) is 10.1 Å². The van der Waals surface area contributed by atoms with Gasteiger partial charge in [-0.2, -0.15) is 4.98 Å². The minimum absolute atomic E-state index is 0.232. The minimum Gasteiger partial charge on any atom is -0.339 e. The van der Waals surface area contributed by atoms with Crippen LogP contribution >= 0.6 is 0 Å². The van der Waals surface area contributed by atoms with Crippen molar-refractivity contribution < 1.29 is 8.91 Å². The Kier molecular flexibility index (Phi) is 3.53. The molecule has 20 heavy (non-hydrogen) atoms. The molecule has 1 aliphatic carbocycles. The van der Waals surface area contributed by atoms with E-state index >= 15 is 0 Å². The highest BCUT2D eigenvalue weighted by Crippen LogP contribution is 2.29. The zero-order valence-corrected chi connectivity index (χ0v) is 11.3. The number of halogens is 1.